The Bertz CT molecular complexity index is 834. The standard InChI is InChI=1S/C16H16N4OS/c1-3-8-20-11(2)18-19-16(20)22-10-15(21)13-9-17-14-7-5-4-6-12(13)14/h3-7,9,17H,1,8,10H2,2H3. The number of carbonyl (C=O) groups is 1. The molecule has 3 aromatic rings. The van der Waals surface area contributed by atoms with Crippen molar-refractivity contribution >= 4 is 28.4 Å². The zero-order valence-corrected chi connectivity index (χ0v) is 13.1. The van der Waals surface area contributed by atoms with E-state index in [9.17, 15) is 4.79 Å². The smallest absolute Gasteiger partial charge is 0.191 e. The van der Waals surface area contributed by atoms with E-state index < -0.39 is 0 Å². The molecule has 0 aliphatic heterocycles. The summed E-state index contributed by atoms with van der Waals surface area (Å²) in [6.45, 7) is 6.26. The maximum absolute atomic E-state index is 12.5. The summed E-state index contributed by atoms with van der Waals surface area (Å²) in [5.41, 5.74) is 1.69. The van der Waals surface area contributed by atoms with E-state index in [1.54, 1.807) is 12.3 Å². The summed E-state index contributed by atoms with van der Waals surface area (Å²) in [5, 5.41) is 9.87. The van der Waals surface area contributed by atoms with Crippen molar-refractivity contribution in [1.82, 2.24) is 19.7 Å². The number of allylic oxidation sites excluding steroid dienone is 1. The van der Waals surface area contributed by atoms with Crippen LogP contribution in [-0.2, 0) is 6.54 Å². The summed E-state index contributed by atoms with van der Waals surface area (Å²) in [5.74, 6) is 1.23. The first-order valence-electron chi connectivity index (χ1n) is 6.93. The number of hydrogen-bond acceptors (Lipinski definition) is 4. The summed E-state index contributed by atoms with van der Waals surface area (Å²) in [7, 11) is 0. The third-order valence-corrected chi connectivity index (χ3v) is 4.40. The quantitative estimate of drug-likeness (QED) is 0.431. The number of nitrogens with zero attached hydrogens (tertiary/aromatic N) is 3. The average Bonchev–Trinajstić information content (AvgIpc) is 3.10. The van der Waals surface area contributed by atoms with Gasteiger partial charge in [0.05, 0.1) is 5.75 Å². The number of aromatic amines is 1. The van der Waals surface area contributed by atoms with Crippen LogP contribution in [0.3, 0.4) is 0 Å². The number of Topliss-reactive ketones (excluding diaryl/α,β-unsaturated/α-hetero) is 1. The van der Waals surface area contributed by atoms with Gasteiger partial charge in [-0.15, -0.1) is 16.8 Å². The molecule has 0 fully saturated rings. The molecule has 6 heteroatoms. The second-order valence-corrected chi connectivity index (χ2v) is 5.83. The van der Waals surface area contributed by atoms with E-state index in [1.165, 1.54) is 11.8 Å². The molecular weight excluding hydrogens is 296 g/mol. The molecule has 3 rings (SSSR count). The van der Waals surface area contributed by atoms with E-state index in [4.69, 9.17) is 0 Å². The first-order chi connectivity index (χ1) is 10.7. The summed E-state index contributed by atoms with van der Waals surface area (Å²) in [6, 6.07) is 7.80. The minimum Gasteiger partial charge on any atom is -0.360 e. The highest BCUT2D eigenvalue weighted by Crippen LogP contribution is 2.22. The van der Waals surface area contributed by atoms with Crippen LogP contribution in [0.4, 0.5) is 0 Å². The first kappa shape index (κ1) is 14.6. The maximum atomic E-state index is 12.5. The molecule has 22 heavy (non-hydrogen) atoms. The normalized spacial score (nSPS) is 11.0. The molecule has 0 aliphatic carbocycles. The molecule has 2 aromatic heterocycles. The number of H-pyrrole nitrogens is 1. The van der Waals surface area contributed by atoms with Crippen LogP contribution in [0.5, 0.6) is 0 Å². The molecule has 112 valence electrons. The van der Waals surface area contributed by atoms with Crippen molar-refractivity contribution in [2.75, 3.05) is 5.75 Å². The van der Waals surface area contributed by atoms with Gasteiger partial charge in [0.15, 0.2) is 10.9 Å². The zero-order chi connectivity index (χ0) is 15.5. The van der Waals surface area contributed by atoms with E-state index in [1.807, 2.05) is 35.8 Å². The maximum Gasteiger partial charge on any atom is 0.191 e. The number of hydrogen-bond donors (Lipinski definition) is 1. The van der Waals surface area contributed by atoms with Gasteiger partial charge in [-0.3, -0.25) is 4.79 Å². The Morgan fingerprint density at radius 1 is 1.41 bits per heavy atom. The minimum absolute atomic E-state index is 0.0771. The van der Waals surface area contributed by atoms with E-state index in [0.717, 1.165) is 27.4 Å². The van der Waals surface area contributed by atoms with Gasteiger partial charge in [-0.25, -0.2) is 0 Å². The summed E-state index contributed by atoms with van der Waals surface area (Å²) >= 11 is 1.40. The van der Waals surface area contributed by atoms with Crippen molar-refractivity contribution in [1.29, 1.82) is 0 Å². The average molecular weight is 312 g/mol. The Morgan fingerprint density at radius 3 is 3.05 bits per heavy atom. The van der Waals surface area contributed by atoms with Crippen LogP contribution >= 0.6 is 11.8 Å². The minimum atomic E-state index is 0.0771. The van der Waals surface area contributed by atoms with Gasteiger partial charge in [0.2, 0.25) is 0 Å². The molecule has 0 saturated heterocycles. The van der Waals surface area contributed by atoms with Crippen molar-refractivity contribution in [3.05, 3.63) is 54.5 Å². The molecule has 1 aromatic carbocycles. The number of ketones is 1. The highest BCUT2D eigenvalue weighted by atomic mass is 32.2. The van der Waals surface area contributed by atoms with Crippen molar-refractivity contribution in [2.24, 2.45) is 0 Å². The van der Waals surface area contributed by atoms with E-state index in [-0.39, 0.29) is 5.78 Å². The van der Waals surface area contributed by atoms with E-state index in [2.05, 4.69) is 21.8 Å². The number of nitrogens with one attached hydrogen (secondary N) is 1. The highest BCUT2D eigenvalue weighted by Gasteiger charge is 2.15. The van der Waals surface area contributed by atoms with Crippen LogP contribution in [0, 0.1) is 6.92 Å². The Labute approximate surface area is 132 Å². The number of fused-ring (bicyclic) bond motifs is 1. The molecule has 1 N–H and O–H groups in total. The lowest BCUT2D eigenvalue weighted by Gasteiger charge is -2.04. The van der Waals surface area contributed by atoms with Crippen LogP contribution in [0.15, 0.2) is 48.3 Å². The van der Waals surface area contributed by atoms with Gasteiger partial charge in [-0.05, 0) is 13.0 Å². The molecule has 0 saturated carbocycles. The fourth-order valence-electron chi connectivity index (χ4n) is 2.32. The molecular formula is C16H16N4OS. The van der Waals surface area contributed by atoms with Crippen molar-refractivity contribution in [3.63, 3.8) is 0 Å². The van der Waals surface area contributed by atoms with Crippen molar-refractivity contribution in [3.8, 4) is 0 Å². The molecule has 0 unspecified atom stereocenters. The van der Waals surface area contributed by atoms with Crippen LogP contribution in [0.1, 0.15) is 16.2 Å². The number of aromatic nitrogens is 4. The number of rotatable bonds is 6. The molecule has 0 radical (unpaired) electrons. The predicted molar refractivity (Wildman–Crippen MR) is 88.3 cm³/mol. The summed E-state index contributed by atoms with van der Waals surface area (Å²) < 4.78 is 1.94. The number of carbonyl (C=O) groups excluding carboxylic acids is 1. The largest absolute Gasteiger partial charge is 0.360 e. The lowest BCUT2D eigenvalue weighted by atomic mass is 10.1. The van der Waals surface area contributed by atoms with Crippen LogP contribution in [0.25, 0.3) is 10.9 Å². The lowest BCUT2D eigenvalue weighted by molar-refractivity contribution is 0.102. The molecule has 0 aliphatic rings. The van der Waals surface area contributed by atoms with Crippen molar-refractivity contribution < 1.29 is 4.79 Å². The molecule has 5 nitrogen and oxygen atoms in total. The molecule has 2 heterocycles. The van der Waals surface area contributed by atoms with Gasteiger partial charge in [-0.1, -0.05) is 36.0 Å². The van der Waals surface area contributed by atoms with Crippen molar-refractivity contribution in [2.45, 2.75) is 18.6 Å². The van der Waals surface area contributed by atoms with Gasteiger partial charge in [-0.2, -0.15) is 0 Å². The van der Waals surface area contributed by atoms with Crippen LogP contribution in [-0.4, -0.2) is 31.3 Å². The fourth-order valence-corrected chi connectivity index (χ4v) is 3.19. The number of aryl methyl sites for hydroxylation is 1. The van der Waals surface area contributed by atoms with Gasteiger partial charge in [0.25, 0.3) is 0 Å². The topological polar surface area (TPSA) is 63.6 Å². The second kappa shape index (κ2) is 6.19. The number of benzene rings is 1. The fraction of sp³-hybridized carbons (Fsp3) is 0.188. The molecule has 0 spiro atoms. The second-order valence-electron chi connectivity index (χ2n) is 4.89. The highest BCUT2D eigenvalue weighted by molar-refractivity contribution is 7.99. The monoisotopic (exact) mass is 312 g/mol. The van der Waals surface area contributed by atoms with Gasteiger partial charge in [0.1, 0.15) is 5.82 Å². The predicted octanol–water partition coefficient (Wildman–Crippen LogP) is 3.23. The number of para-hydroxylation sites is 1. The molecule has 0 atom stereocenters. The third kappa shape index (κ3) is 2.69. The zero-order valence-electron chi connectivity index (χ0n) is 12.2. The Kier molecular flexibility index (Phi) is 4.11. The molecule has 0 bridgehead atoms. The van der Waals surface area contributed by atoms with E-state index >= 15 is 0 Å². The lowest BCUT2D eigenvalue weighted by Crippen LogP contribution is -2.05. The van der Waals surface area contributed by atoms with Gasteiger partial charge >= 0.3 is 0 Å². The summed E-state index contributed by atoms with van der Waals surface area (Å²) in [6.07, 6.45) is 3.56. The van der Waals surface area contributed by atoms with Gasteiger partial charge < -0.3 is 9.55 Å². The van der Waals surface area contributed by atoms with Crippen LogP contribution in [0.2, 0.25) is 0 Å². The van der Waals surface area contributed by atoms with Crippen LogP contribution < -0.4 is 0 Å². The Balaban J connectivity index is 1.77. The summed E-state index contributed by atoms with van der Waals surface area (Å²) in [4.78, 5) is 15.6. The van der Waals surface area contributed by atoms with Gasteiger partial charge in [0, 0.05) is 29.2 Å². The number of thioether (sulfide) groups is 1. The molecule has 0 amide bonds. The van der Waals surface area contributed by atoms with E-state index in [0.29, 0.717) is 12.3 Å². The first-order valence-corrected chi connectivity index (χ1v) is 7.92. The third-order valence-electron chi connectivity index (χ3n) is 3.44. The Hall–Kier alpha value is -2.34. The Morgan fingerprint density at radius 2 is 2.23 bits per heavy atom. The SMILES string of the molecule is C=CCn1c(C)nnc1SCC(=O)c1c[nH]c2ccccc12.